The van der Waals surface area contributed by atoms with E-state index >= 15 is 0 Å². The zero-order chi connectivity index (χ0) is 16.7. The van der Waals surface area contributed by atoms with E-state index in [1.807, 2.05) is 19.1 Å². The molecule has 3 nitrogen and oxygen atoms in total. The van der Waals surface area contributed by atoms with Crippen LogP contribution in [0, 0.1) is 20.8 Å². The predicted molar refractivity (Wildman–Crippen MR) is 91.2 cm³/mol. The van der Waals surface area contributed by atoms with Gasteiger partial charge in [-0.25, -0.2) is 4.79 Å². The standard InChI is InChI=1S/C19H24O3/c1-13(8-7-9-19(20)22-6)10-11-17-14(2)12-18(21-5)16(4)15(17)3/h7-12H,1-6H3. The summed E-state index contributed by atoms with van der Waals surface area (Å²) in [6.07, 6.45) is 9.07. The molecule has 0 aliphatic rings. The summed E-state index contributed by atoms with van der Waals surface area (Å²) in [6.45, 7) is 8.22. The molecule has 1 aromatic carbocycles. The van der Waals surface area contributed by atoms with Gasteiger partial charge >= 0.3 is 5.97 Å². The fourth-order valence-electron chi connectivity index (χ4n) is 2.15. The third-order valence-corrected chi connectivity index (χ3v) is 3.63. The maximum absolute atomic E-state index is 11.0. The molecule has 0 spiro atoms. The van der Waals surface area contributed by atoms with Gasteiger partial charge in [-0.15, -0.1) is 0 Å². The van der Waals surface area contributed by atoms with Crippen molar-refractivity contribution in [3.63, 3.8) is 0 Å². The summed E-state index contributed by atoms with van der Waals surface area (Å²) in [5.74, 6) is 0.561. The summed E-state index contributed by atoms with van der Waals surface area (Å²) in [4.78, 5) is 11.0. The SMILES string of the molecule is COC(=O)C=CC=C(C)C=Cc1c(C)cc(OC)c(C)c1C. The van der Waals surface area contributed by atoms with Crippen LogP contribution in [0.4, 0.5) is 0 Å². The zero-order valence-corrected chi connectivity index (χ0v) is 14.2. The van der Waals surface area contributed by atoms with Gasteiger partial charge in [-0.1, -0.05) is 29.9 Å². The summed E-state index contributed by atoms with van der Waals surface area (Å²) in [7, 11) is 3.05. The van der Waals surface area contributed by atoms with Gasteiger partial charge in [0.2, 0.25) is 0 Å². The number of hydrogen-bond acceptors (Lipinski definition) is 3. The molecule has 3 heteroatoms. The van der Waals surface area contributed by atoms with Gasteiger partial charge in [0, 0.05) is 6.08 Å². The molecule has 0 fully saturated rings. The van der Waals surface area contributed by atoms with Gasteiger partial charge < -0.3 is 9.47 Å². The Balaban J connectivity index is 3.00. The van der Waals surface area contributed by atoms with Gasteiger partial charge in [-0.2, -0.15) is 0 Å². The smallest absolute Gasteiger partial charge is 0.330 e. The summed E-state index contributed by atoms with van der Waals surface area (Å²) in [5, 5.41) is 0. The van der Waals surface area contributed by atoms with Gasteiger partial charge in [-0.05, 0) is 56.0 Å². The highest BCUT2D eigenvalue weighted by molar-refractivity contribution is 5.82. The van der Waals surface area contributed by atoms with Crippen LogP contribution in [-0.4, -0.2) is 20.2 Å². The molecule has 0 N–H and O–H groups in total. The first-order chi connectivity index (χ1) is 10.4. The lowest BCUT2D eigenvalue weighted by Crippen LogP contribution is -1.95. The Kier molecular flexibility index (Phi) is 6.64. The van der Waals surface area contributed by atoms with Crippen molar-refractivity contribution in [2.24, 2.45) is 0 Å². The number of ether oxygens (including phenoxy) is 2. The highest BCUT2D eigenvalue weighted by atomic mass is 16.5. The minimum absolute atomic E-state index is 0.356. The Labute approximate surface area is 132 Å². The molecule has 0 unspecified atom stereocenters. The summed E-state index contributed by atoms with van der Waals surface area (Å²) >= 11 is 0. The summed E-state index contributed by atoms with van der Waals surface area (Å²) < 4.78 is 9.93. The number of methoxy groups -OCH3 is 2. The van der Waals surface area contributed by atoms with Gasteiger partial charge in [0.25, 0.3) is 0 Å². The van der Waals surface area contributed by atoms with Crippen molar-refractivity contribution in [1.82, 2.24) is 0 Å². The first-order valence-electron chi connectivity index (χ1n) is 7.16. The van der Waals surface area contributed by atoms with E-state index in [-0.39, 0.29) is 5.97 Å². The van der Waals surface area contributed by atoms with E-state index in [0.717, 1.165) is 16.9 Å². The average Bonchev–Trinajstić information content (AvgIpc) is 2.50. The number of aryl methyl sites for hydroxylation is 1. The van der Waals surface area contributed by atoms with Crippen LogP contribution < -0.4 is 4.74 Å². The molecule has 0 saturated heterocycles. The Hall–Kier alpha value is -2.29. The third-order valence-electron chi connectivity index (χ3n) is 3.63. The highest BCUT2D eigenvalue weighted by Crippen LogP contribution is 2.28. The maximum Gasteiger partial charge on any atom is 0.330 e. The van der Waals surface area contributed by atoms with E-state index in [9.17, 15) is 4.79 Å². The fourth-order valence-corrected chi connectivity index (χ4v) is 2.15. The number of carbonyl (C=O) groups is 1. The van der Waals surface area contributed by atoms with E-state index in [1.165, 1.54) is 29.9 Å². The zero-order valence-electron chi connectivity index (χ0n) is 14.2. The van der Waals surface area contributed by atoms with Gasteiger partial charge in [0.15, 0.2) is 0 Å². The number of rotatable bonds is 5. The van der Waals surface area contributed by atoms with Crippen molar-refractivity contribution in [1.29, 1.82) is 0 Å². The molecule has 0 aliphatic heterocycles. The summed E-state index contributed by atoms with van der Waals surface area (Å²) in [5.41, 5.74) is 5.79. The molecule has 1 aromatic rings. The largest absolute Gasteiger partial charge is 0.496 e. The van der Waals surface area contributed by atoms with Crippen LogP contribution in [0.2, 0.25) is 0 Å². The average molecular weight is 300 g/mol. The first kappa shape index (κ1) is 17.8. The molecule has 22 heavy (non-hydrogen) atoms. The Bertz CT molecular complexity index is 635. The molecular weight excluding hydrogens is 276 g/mol. The van der Waals surface area contributed by atoms with E-state index < -0.39 is 0 Å². The number of benzene rings is 1. The molecule has 0 amide bonds. The highest BCUT2D eigenvalue weighted by Gasteiger charge is 2.08. The quantitative estimate of drug-likeness (QED) is 0.462. The lowest BCUT2D eigenvalue weighted by molar-refractivity contribution is -0.134. The Morgan fingerprint density at radius 2 is 1.77 bits per heavy atom. The van der Waals surface area contributed by atoms with Crippen LogP contribution >= 0.6 is 0 Å². The Morgan fingerprint density at radius 3 is 2.36 bits per heavy atom. The minimum Gasteiger partial charge on any atom is -0.496 e. The number of hydrogen-bond donors (Lipinski definition) is 0. The number of allylic oxidation sites excluding steroid dienone is 4. The van der Waals surface area contributed by atoms with Crippen LogP contribution in [0.3, 0.4) is 0 Å². The van der Waals surface area contributed by atoms with Crippen LogP contribution in [0.25, 0.3) is 6.08 Å². The van der Waals surface area contributed by atoms with E-state index in [1.54, 1.807) is 13.2 Å². The van der Waals surface area contributed by atoms with E-state index in [2.05, 4.69) is 37.7 Å². The van der Waals surface area contributed by atoms with Crippen molar-refractivity contribution >= 4 is 12.0 Å². The molecule has 0 aliphatic carbocycles. The number of esters is 1. The molecule has 0 bridgehead atoms. The van der Waals surface area contributed by atoms with Crippen molar-refractivity contribution in [2.75, 3.05) is 14.2 Å². The van der Waals surface area contributed by atoms with Gasteiger partial charge in [-0.3, -0.25) is 0 Å². The molecule has 0 heterocycles. The topological polar surface area (TPSA) is 35.5 Å². The van der Waals surface area contributed by atoms with Crippen LogP contribution in [0.1, 0.15) is 29.2 Å². The molecular formula is C19H24O3. The predicted octanol–water partition coefficient (Wildman–Crippen LogP) is 4.31. The van der Waals surface area contributed by atoms with Crippen molar-refractivity contribution < 1.29 is 14.3 Å². The normalized spacial score (nSPS) is 12.2. The second-order valence-corrected chi connectivity index (χ2v) is 5.19. The van der Waals surface area contributed by atoms with Crippen molar-refractivity contribution in [2.45, 2.75) is 27.7 Å². The summed E-state index contributed by atoms with van der Waals surface area (Å²) in [6, 6.07) is 2.05. The molecule has 0 atom stereocenters. The van der Waals surface area contributed by atoms with Crippen LogP contribution in [-0.2, 0) is 9.53 Å². The molecule has 0 aromatic heterocycles. The van der Waals surface area contributed by atoms with Crippen molar-refractivity contribution in [3.05, 3.63) is 58.2 Å². The van der Waals surface area contributed by atoms with Crippen LogP contribution in [0.15, 0.2) is 35.9 Å². The van der Waals surface area contributed by atoms with E-state index in [4.69, 9.17) is 4.74 Å². The first-order valence-corrected chi connectivity index (χ1v) is 7.16. The second kappa shape index (κ2) is 8.23. The third kappa shape index (κ3) is 4.62. The second-order valence-electron chi connectivity index (χ2n) is 5.19. The molecule has 118 valence electrons. The van der Waals surface area contributed by atoms with Gasteiger partial charge in [0.1, 0.15) is 5.75 Å². The number of carbonyl (C=O) groups excluding carboxylic acids is 1. The molecule has 0 saturated carbocycles. The Morgan fingerprint density at radius 1 is 1.09 bits per heavy atom. The lowest BCUT2D eigenvalue weighted by atomic mass is 9.96. The van der Waals surface area contributed by atoms with Crippen LogP contribution in [0.5, 0.6) is 5.75 Å². The molecule has 0 radical (unpaired) electrons. The lowest BCUT2D eigenvalue weighted by Gasteiger charge is -2.13. The fraction of sp³-hybridized carbons (Fsp3) is 0.316. The monoisotopic (exact) mass is 300 g/mol. The van der Waals surface area contributed by atoms with Crippen molar-refractivity contribution in [3.8, 4) is 5.75 Å². The maximum atomic E-state index is 11.0. The van der Waals surface area contributed by atoms with Gasteiger partial charge in [0.05, 0.1) is 14.2 Å². The van der Waals surface area contributed by atoms with E-state index in [0.29, 0.717) is 0 Å². The molecule has 1 rings (SSSR count). The minimum atomic E-state index is -0.356.